The highest BCUT2D eigenvalue weighted by molar-refractivity contribution is 14.1. The van der Waals surface area contributed by atoms with Crippen LogP contribution >= 0.6 is 22.6 Å². The van der Waals surface area contributed by atoms with E-state index in [1.807, 2.05) is 24.3 Å². The first-order chi connectivity index (χ1) is 5.33. The second-order valence-corrected chi connectivity index (χ2v) is 3.14. The van der Waals surface area contributed by atoms with Crippen LogP contribution in [0, 0.1) is 3.57 Å². The Morgan fingerprint density at radius 2 is 2.36 bits per heavy atom. The summed E-state index contributed by atoms with van der Waals surface area (Å²) in [7, 11) is 0. The van der Waals surface area contributed by atoms with Gasteiger partial charge < -0.3 is 4.74 Å². The molecule has 0 fully saturated rings. The normalized spacial score (nSPS) is 8.45. The highest BCUT2D eigenvalue weighted by Crippen LogP contribution is 2.14. The molecule has 0 N–H and O–H groups in total. The first kappa shape index (κ1) is 8.37. The number of halogens is 1. The summed E-state index contributed by atoms with van der Waals surface area (Å²) >= 11 is 2.23. The topological polar surface area (TPSA) is 9.23 Å². The molecule has 0 aromatic heterocycles. The summed E-state index contributed by atoms with van der Waals surface area (Å²) in [6, 6.07) is 7.77. The number of rotatable bonds is 2. The van der Waals surface area contributed by atoms with E-state index in [1.54, 1.807) is 0 Å². The number of benzene rings is 1. The zero-order chi connectivity index (χ0) is 8.10. The van der Waals surface area contributed by atoms with Gasteiger partial charge in [0.2, 0.25) is 0 Å². The minimum absolute atomic E-state index is 0.813. The van der Waals surface area contributed by atoms with E-state index in [-0.39, 0.29) is 0 Å². The summed E-state index contributed by atoms with van der Waals surface area (Å²) in [5.41, 5.74) is 2.54. The highest BCUT2D eigenvalue weighted by Gasteiger charge is 1.89. The van der Waals surface area contributed by atoms with Crippen LogP contribution in [-0.2, 0) is 0 Å². The zero-order valence-corrected chi connectivity index (χ0v) is 8.04. The molecule has 0 saturated heterocycles. The van der Waals surface area contributed by atoms with Crippen molar-refractivity contribution in [2.45, 2.75) is 0 Å². The highest BCUT2D eigenvalue weighted by atomic mass is 127. The summed E-state index contributed by atoms with van der Waals surface area (Å²) in [6.07, 6.45) is 1.44. The standard InChI is InChI=1S/C9H7IO/c1-2-6-11-9-5-3-4-8(10)7-9/h3-7H,1H2. The molecule has 1 nitrogen and oxygen atoms in total. The average Bonchev–Trinajstić information content (AvgIpc) is 2.01. The van der Waals surface area contributed by atoms with E-state index < -0.39 is 0 Å². The van der Waals surface area contributed by atoms with Crippen molar-refractivity contribution >= 4 is 22.6 Å². The van der Waals surface area contributed by atoms with E-state index in [2.05, 4.69) is 34.9 Å². The number of ether oxygens (including phenoxy) is 1. The van der Waals surface area contributed by atoms with Gasteiger partial charge in [-0.3, -0.25) is 0 Å². The summed E-state index contributed by atoms with van der Waals surface area (Å²) in [5, 5.41) is 0. The molecular weight excluding hydrogens is 251 g/mol. The second-order valence-electron chi connectivity index (χ2n) is 1.90. The maximum Gasteiger partial charge on any atom is 0.133 e. The van der Waals surface area contributed by atoms with Gasteiger partial charge in [0.25, 0.3) is 0 Å². The molecule has 56 valence electrons. The molecular formula is C9H7IO. The Morgan fingerprint density at radius 1 is 1.55 bits per heavy atom. The van der Waals surface area contributed by atoms with Crippen LogP contribution in [-0.4, -0.2) is 0 Å². The molecule has 0 radical (unpaired) electrons. The van der Waals surface area contributed by atoms with Crippen molar-refractivity contribution in [1.29, 1.82) is 0 Å². The Morgan fingerprint density at radius 3 is 3.00 bits per heavy atom. The first-order valence-electron chi connectivity index (χ1n) is 3.09. The summed E-state index contributed by atoms with van der Waals surface area (Å²) in [6.45, 7) is 3.39. The number of hydrogen-bond acceptors (Lipinski definition) is 1. The van der Waals surface area contributed by atoms with Gasteiger partial charge in [-0.2, -0.15) is 0 Å². The lowest BCUT2D eigenvalue weighted by Gasteiger charge is -1.97. The molecule has 0 aliphatic heterocycles. The van der Waals surface area contributed by atoms with Crippen LogP contribution < -0.4 is 4.74 Å². The summed E-state index contributed by atoms with van der Waals surface area (Å²) in [4.78, 5) is 0. The van der Waals surface area contributed by atoms with Crippen LogP contribution in [0.3, 0.4) is 0 Å². The molecule has 0 bridgehead atoms. The molecule has 0 aliphatic carbocycles. The third kappa shape index (κ3) is 2.78. The van der Waals surface area contributed by atoms with Gasteiger partial charge in [0.05, 0.1) is 0 Å². The molecule has 1 aromatic rings. The van der Waals surface area contributed by atoms with Gasteiger partial charge in [0, 0.05) is 3.57 Å². The van der Waals surface area contributed by atoms with Gasteiger partial charge in [-0.15, -0.1) is 0 Å². The fourth-order valence-corrected chi connectivity index (χ4v) is 1.16. The van der Waals surface area contributed by atoms with E-state index in [4.69, 9.17) is 4.74 Å². The summed E-state index contributed by atoms with van der Waals surface area (Å²) < 4.78 is 6.28. The summed E-state index contributed by atoms with van der Waals surface area (Å²) in [5.74, 6) is 0.813. The van der Waals surface area contributed by atoms with E-state index in [0.717, 1.165) is 9.32 Å². The molecule has 0 heterocycles. The maximum atomic E-state index is 5.13. The second kappa shape index (κ2) is 4.21. The van der Waals surface area contributed by atoms with Gasteiger partial charge in [-0.05, 0) is 40.8 Å². The van der Waals surface area contributed by atoms with E-state index in [9.17, 15) is 0 Å². The van der Waals surface area contributed by atoms with Gasteiger partial charge in [-0.1, -0.05) is 18.4 Å². The van der Waals surface area contributed by atoms with Gasteiger partial charge in [-0.25, -0.2) is 0 Å². The fourth-order valence-electron chi connectivity index (χ4n) is 0.650. The molecule has 0 spiro atoms. The molecule has 0 aliphatic rings. The third-order valence-corrected chi connectivity index (χ3v) is 1.75. The number of hydrogen-bond donors (Lipinski definition) is 0. The molecule has 0 unspecified atom stereocenters. The van der Waals surface area contributed by atoms with Crippen molar-refractivity contribution in [2.75, 3.05) is 0 Å². The largest absolute Gasteiger partial charge is 0.457 e. The quantitative estimate of drug-likeness (QED) is 0.450. The van der Waals surface area contributed by atoms with Gasteiger partial charge in [0.1, 0.15) is 12.0 Å². The molecule has 0 saturated carbocycles. The van der Waals surface area contributed by atoms with Crippen LogP contribution in [0.15, 0.2) is 42.8 Å². The van der Waals surface area contributed by atoms with Crippen molar-refractivity contribution in [3.05, 3.63) is 46.4 Å². The average molecular weight is 258 g/mol. The minimum atomic E-state index is 0.813. The van der Waals surface area contributed by atoms with Crippen molar-refractivity contribution in [1.82, 2.24) is 0 Å². The minimum Gasteiger partial charge on any atom is -0.457 e. The van der Waals surface area contributed by atoms with E-state index in [1.165, 1.54) is 6.26 Å². The van der Waals surface area contributed by atoms with Gasteiger partial charge in [0.15, 0.2) is 0 Å². The van der Waals surface area contributed by atoms with Crippen molar-refractivity contribution in [3.63, 3.8) is 0 Å². The first-order valence-corrected chi connectivity index (χ1v) is 4.17. The van der Waals surface area contributed by atoms with Crippen molar-refractivity contribution in [2.24, 2.45) is 0 Å². The molecule has 11 heavy (non-hydrogen) atoms. The molecule has 1 rings (SSSR count). The van der Waals surface area contributed by atoms with Crippen LogP contribution in [0.25, 0.3) is 0 Å². The SMILES string of the molecule is C=C=COc1cccc(I)c1. The van der Waals surface area contributed by atoms with Crippen molar-refractivity contribution < 1.29 is 4.74 Å². The molecule has 2 heteroatoms. The van der Waals surface area contributed by atoms with Crippen LogP contribution in [0.5, 0.6) is 5.75 Å². The third-order valence-electron chi connectivity index (χ3n) is 1.07. The van der Waals surface area contributed by atoms with Crippen LogP contribution in [0.4, 0.5) is 0 Å². The van der Waals surface area contributed by atoms with Crippen molar-refractivity contribution in [3.8, 4) is 5.75 Å². The predicted octanol–water partition coefficient (Wildman–Crippen LogP) is 2.97. The lowest BCUT2D eigenvalue weighted by atomic mass is 10.3. The van der Waals surface area contributed by atoms with Crippen LogP contribution in [0.2, 0.25) is 0 Å². The predicted molar refractivity (Wildman–Crippen MR) is 53.5 cm³/mol. The Balaban J connectivity index is 2.79. The Hall–Kier alpha value is -0.730. The maximum absolute atomic E-state index is 5.13. The molecule has 1 aromatic carbocycles. The molecule has 0 atom stereocenters. The molecule has 0 amide bonds. The Labute approximate surface area is 79.5 Å². The Kier molecular flexibility index (Phi) is 3.20. The van der Waals surface area contributed by atoms with Crippen LogP contribution in [0.1, 0.15) is 0 Å². The van der Waals surface area contributed by atoms with E-state index in [0.29, 0.717) is 0 Å². The monoisotopic (exact) mass is 258 g/mol. The smallest absolute Gasteiger partial charge is 0.133 e. The lowest BCUT2D eigenvalue weighted by Crippen LogP contribution is -1.80. The fraction of sp³-hybridized carbons (Fsp3) is 0. The van der Waals surface area contributed by atoms with Gasteiger partial charge >= 0.3 is 0 Å². The zero-order valence-electron chi connectivity index (χ0n) is 5.88. The lowest BCUT2D eigenvalue weighted by molar-refractivity contribution is 0.482. The Bertz CT molecular complexity index is 287. The van der Waals surface area contributed by atoms with E-state index >= 15 is 0 Å².